The Balaban J connectivity index is 1.46. The Morgan fingerprint density at radius 3 is 2.52 bits per heavy atom. The second-order valence-corrected chi connectivity index (χ2v) is 6.93. The summed E-state index contributed by atoms with van der Waals surface area (Å²) in [6.07, 6.45) is 0. The minimum atomic E-state index is -0.302. The molecule has 1 heterocycles. The van der Waals surface area contributed by atoms with Crippen molar-refractivity contribution >= 4 is 23.2 Å². The van der Waals surface area contributed by atoms with E-state index in [-0.39, 0.29) is 12.5 Å². The molecule has 1 aromatic heterocycles. The van der Waals surface area contributed by atoms with Crippen molar-refractivity contribution < 1.29 is 18.8 Å². The second-order valence-electron chi connectivity index (χ2n) is 6.49. The van der Waals surface area contributed by atoms with E-state index in [1.807, 2.05) is 30.3 Å². The topological polar surface area (TPSA) is 86.5 Å². The number of halogens is 1. The zero-order valence-electron chi connectivity index (χ0n) is 16.5. The third kappa shape index (κ3) is 5.02. The molecule has 1 N–H and O–H groups in total. The molecule has 1 amide bonds. The van der Waals surface area contributed by atoms with Gasteiger partial charge in [0, 0.05) is 16.3 Å². The fraction of sp³-hybridized carbons (Fsp3) is 0.0870. The van der Waals surface area contributed by atoms with Gasteiger partial charge < -0.3 is 19.3 Å². The first-order chi connectivity index (χ1) is 15.1. The van der Waals surface area contributed by atoms with E-state index in [4.69, 9.17) is 25.6 Å². The Bertz CT molecular complexity index is 1170. The Kier molecular flexibility index (Phi) is 6.14. The van der Waals surface area contributed by atoms with Gasteiger partial charge in [0.25, 0.3) is 11.8 Å². The van der Waals surface area contributed by atoms with Crippen molar-refractivity contribution in [3.8, 4) is 34.3 Å². The number of nitrogens with zero attached hydrogens (tertiary/aromatic N) is 2. The summed E-state index contributed by atoms with van der Waals surface area (Å²) in [4.78, 5) is 16.7. The molecule has 4 aromatic rings. The zero-order valence-corrected chi connectivity index (χ0v) is 17.3. The van der Waals surface area contributed by atoms with Gasteiger partial charge in [0.1, 0.15) is 11.5 Å². The molecule has 0 aliphatic heterocycles. The number of methoxy groups -OCH3 is 1. The third-order valence-electron chi connectivity index (χ3n) is 4.38. The lowest BCUT2D eigenvalue weighted by atomic mass is 10.2. The summed E-state index contributed by atoms with van der Waals surface area (Å²) < 4.78 is 16.3. The van der Waals surface area contributed by atoms with Crippen LogP contribution in [0.3, 0.4) is 0 Å². The van der Waals surface area contributed by atoms with Crippen LogP contribution in [-0.4, -0.2) is 29.8 Å². The van der Waals surface area contributed by atoms with Crippen LogP contribution in [0, 0.1) is 0 Å². The van der Waals surface area contributed by atoms with Gasteiger partial charge in [-0.1, -0.05) is 28.9 Å². The minimum Gasteiger partial charge on any atom is -0.497 e. The van der Waals surface area contributed by atoms with E-state index < -0.39 is 0 Å². The lowest BCUT2D eigenvalue weighted by Gasteiger charge is -2.10. The summed E-state index contributed by atoms with van der Waals surface area (Å²) in [6.45, 7) is -0.178. The van der Waals surface area contributed by atoms with Crippen LogP contribution in [0.5, 0.6) is 11.5 Å². The molecule has 7 nitrogen and oxygen atoms in total. The summed E-state index contributed by atoms with van der Waals surface area (Å²) >= 11 is 5.86. The molecule has 8 heteroatoms. The molecule has 0 aliphatic rings. The maximum Gasteiger partial charge on any atom is 0.262 e. The van der Waals surface area contributed by atoms with Crippen LogP contribution in [0.4, 0.5) is 5.69 Å². The average Bonchev–Trinajstić information content (AvgIpc) is 3.30. The Morgan fingerprint density at radius 1 is 1.03 bits per heavy atom. The Hall–Kier alpha value is -3.84. The van der Waals surface area contributed by atoms with E-state index in [2.05, 4.69) is 15.5 Å². The van der Waals surface area contributed by atoms with Gasteiger partial charge in [0.15, 0.2) is 6.61 Å². The van der Waals surface area contributed by atoms with Crippen molar-refractivity contribution in [2.45, 2.75) is 0 Å². The van der Waals surface area contributed by atoms with Crippen LogP contribution in [-0.2, 0) is 4.79 Å². The quantitative estimate of drug-likeness (QED) is 0.435. The predicted octanol–water partition coefficient (Wildman–Crippen LogP) is 5.08. The molecule has 4 rings (SSSR count). The first-order valence-electron chi connectivity index (χ1n) is 9.38. The molecule has 0 fully saturated rings. The number of hydrogen-bond acceptors (Lipinski definition) is 6. The molecule has 0 saturated heterocycles. The highest BCUT2D eigenvalue weighted by molar-refractivity contribution is 6.30. The van der Waals surface area contributed by atoms with Crippen LogP contribution in [0.25, 0.3) is 22.8 Å². The smallest absolute Gasteiger partial charge is 0.262 e. The van der Waals surface area contributed by atoms with Crippen molar-refractivity contribution in [3.05, 3.63) is 77.8 Å². The van der Waals surface area contributed by atoms with Gasteiger partial charge in [-0.25, -0.2) is 0 Å². The number of para-hydroxylation sites is 1. The molecule has 0 bridgehead atoms. The molecule has 0 aliphatic carbocycles. The highest BCUT2D eigenvalue weighted by atomic mass is 35.5. The zero-order chi connectivity index (χ0) is 21.6. The van der Waals surface area contributed by atoms with Gasteiger partial charge >= 0.3 is 0 Å². The molecule has 31 heavy (non-hydrogen) atoms. The monoisotopic (exact) mass is 435 g/mol. The van der Waals surface area contributed by atoms with E-state index in [1.54, 1.807) is 49.6 Å². The third-order valence-corrected chi connectivity index (χ3v) is 4.63. The van der Waals surface area contributed by atoms with E-state index in [0.29, 0.717) is 33.7 Å². The van der Waals surface area contributed by atoms with Crippen LogP contribution >= 0.6 is 11.6 Å². The number of hydrogen-bond donors (Lipinski definition) is 1. The summed E-state index contributed by atoms with van der Waals surface area (Å²) in [5, 5.41) is 7.40. The first-order valence-corrected chi connectivity index (χ1v) is 9.76. The molecule has 0 unspecified atom stereocenters. The van der Waals surface area contributed by atoms with Crippen LogP contribution in [0.1, 0.15) is 0 Å². The minimum absolute atomic E-state index is 0.178. The van der Waals surface area contributed by atoms with E-state index in [9.17, 15) is 4.79 Å². The number of ether oxygens (including phenoxy) is 2. The molecule has 0 saturated carbocycles. The maximum atomic E-state index is 12.2. The number of nitrogens with one attached hydrogen (secondary N) is 1. The van der Waals surface area contributed by atoms with Crippen molar-refractivity contribution in [1.29, 1.82) is 0 Å². The van der Waals surface area contributed by atoms with Gasteiger partial charge in [0.05, 0.1) is 12.7 Å². The standard InChI is InChI=1S/C23H18ClN3O4/c1-29-18-12-6-15(7-13-18)23-26-22(27-31-23)19-4-2-3-5-20(19)30-14-21(28)25-17-10-8-16(24)9-11-17/h2-13H,14H2,1H3,(H,25,28). The number of anilines is 1. The Morgan fingerprint density at radius 2 is 1.77 bits per heavy atom. The number of benzene rings is 3. The van der Waals surface area contributed by atoms with Crippen molar-refractivity contribution in [1.82, 2.24) is 10.1 Å². The molecular formula is C23H18ClN3O4. The van der Waals surface area contributed by atoms with Gasteiger partial charge in [0.2, 0.25) is 5.82 Å². The molecule has 3 aromatic carbocycles. The SMILES string of the molecule is COc1ccc(-c2nc(-c3ccccc3OCC(=O)Nc3ccc(Cl)cc3)no2)cc1. The normalized spacial score (nSPS) is 10.5. The number of aromatic nitrogens is 2. The molecule has 0 spiro atoms. The fourth-order valence-electron chi connectivity index (χ4n) is 2.83. The lowest BCUT2D eigenvalue weighted by Crippen LogP contribution is -2.20. The highest BCUT2D eigenvalue weighted by Crippen LogP contribution is 2.30. The molecule has 0 radical (unpaired) electrons. The summed E-state index contributed by atoms with van der Waals surface area (Å²) in [7, 11) is 1.60. The van der Waals surface area contributed by atoms with Gasteiger partial charge in [-0.2, -0.15) is 4.98 Å². The van der Waals surface area contributed by atoms with Crippen molar-refractivity contribution in [3.63, 3.8) is 0 Å². The Labute approximate surface area is 183 Å². The largest absolute Gasteiger partial charge is 0.497 e. The van der Waals surface area contributed by atoms with Gasteiger partial charge in [-0.3, -0.25) is 4.79 Å². The maximum absolute atomic E-state index is 12.2. The number of carbonyl (C=O) groups excluding carboxylic acids is 1. The van der Waals surface area contributed by atoms with Gasteiger partial charge in [-0.05, 0) is 60.7 Å². The first kappa shape index (κ1) is 20.4. The van der Waals surface area contributed by atoms with E-state index in [1.165, 1.54) is 0 Å². The van der Waals surface area contributed by atoms with E-state index in [0.717, 1.165) is 11.3 Å². The molecule has 0 atom stereocenters. The molecular weight excluding hydrogens is 418 g/mol. The fourth-order valence-corrected chi connectivity index (χ4v) is 2.96. The molecule has 156 valence electrons. The number of rotatable bonds is 7. The predicted molar refractivity (Wildman–Crippen MR) is 117 cm³/mol. The van der Waals surface area contributed by atoms with Gasteiger partial charge in [-0.15, -0.1) is 0 Å². The average molecular weight is 436 g/mol. The number of carbonyl (C=O) groups is 1. The van der Waals surface area contributed by atoms with Crippen LogP contribution in [0.15, 0.2) is 77.3 Å². The van der Waals surface area contributed by atoms with E-state index >= 15 is 0 Å². The number of amides is 1. The summed E-state index contributed by atoms with van der Waals surface area (Å²) in [6, 6.07) is 21.3. The second kappa shape index (κ2) is 9.32. The lowest BCUT2D eigenvalue weighted by molar-refractivity contribution is -0.118. The van der Waals surface area contributed by atoms with Crippen LogP contribution < -0.4 is 14.8 Å². The van der Waals surface area contributed by atoms with Crippen LogP contribution in [0.2, 0.25) is 5.02 Å². The summed E-state index contributed by atoms with van der Waals surface area (Å²) in [5.74, 6) is 1.63. The highest BCUT2D eigenvalue weighted by Gasteiger charge is 2.15. The van der Waals surface area contributed by atoms with Crippen molar-refractivity contribution in [2.75, 3.05) is 19.0 Å². The summed E-state index contributed by atoms with van der Waals surface area (Å²) in [5.41, 5.74) is 2.01. The van der Waals surface area contributed by atoms with Crippen molar-refractivity contribution in [2.24, 2.45) is 0 Å².